The summed E-state index contributed by atoms with van der Waals surface area (Å²) in [5.74, 6) is 0. The Labute approximate surface area is 92.6 Å². The number of phosphoric ester groups is 1. The molecule has 0 aromatic rings. The van der Waals surface area contributed by atoms with Gasteiger partial charge < -0.3 is 28.7 Å². The molecule has 0 aliphatic carbocycles. The number of hydrogen-bond acceptors (Lipinski definition) is 6. The molecule has 1 atom stereocenters. The van der Waals surface area contributed by atoms with Gasteiger partial charge in [0.1, 0.15) is 13.4 Å². The van der Waals surface area contributed by atoms with E-state index in [0.717, 1.165) is 0 Å². The largest absolute Gasteiger partial charge is 0.472 e. The third-order valence-electron chi connectivity index (χ3n) is 1.58. The summed E-state index contributed by atoms with van der Waals surface area (Å²) < 4.78 is 35.0. The minimum atomic E-state index is -4.59. The van der Waals surface area contributed by atoms with Gasteiger partial charge in [0, 0.05) is 0 Å². The Kier molecular flexibility index (Phi) is 6.40. The molecule has 0 amide bonds. The predicted molar refractivity (Wildman–Crippen MR) is 50.5 cm³/mol. The van der Waals surface area contributed by atoms with Gasteiger partial charge >= 0.3 is 7.82 Å². The fourth-order valence-electron chi connectivity index (χ4n) is 0.983. The molecule has 0 bridgehead atoms. The summed E-state index contributed by atoms with van der Waals surface area (Å²) in [7, 11) is -4.59. The maximum absolute atomic E-state index is 10.6. The van der Waals surface area contributed by atoms with E-state index < -0.39 is 14.1 Å². The van der Waals surface area contributed by atoms with Crippen LogP contribution >= 0.6 is 7.82 Å². The second kappa shape index (κ2) is 7.31. The van der Waals surface area contributed by atoms with Crippen molar-refractivity contribution in [3.05, 3.63) is 0 Å². The first-order valence-corrected chi connectivity index (χ1v) is 6.20. The molecular formula is C7H15O8P. The number of rotatable bonds is 2. The van der Waals surface area contributed by atoms with Crippen LogP contribution in [-0.4, -0.2) is 55.9 Å². The van der Waals surface area contributed by atoms with Gasteiger partial charge in [-0.05, 0) is 0 Å². The summed E-state index contributed by atoms with van der Waals surface area (Å²) in [5.41, 5.74) is 0. The van der Waals surface area contributed by atoms with Crippen molar-refractivity contribution < 1.29 is 37.8 Å². The molecule has 0 aromatic carbocycles. The van der Waals surface area contributed by atoms with E-state index in [4.69, 9.17) is 28.7 Å². The summed E-state index contributed by atoms with van der Waals surface area (Å²) in [6, 6.07) is 0. The van der Waals surface area contributed by atoms with E-state index in [2.05, 4.69) is 4.52 Å². The van der Waals surface area contributed by atoms with Gasteiger partial charge in [0.25, 0.3) is 0 Å². The lowest BCUT2D eigenvalue weighted by Crippen LogP contribution is -2.24. The van der Waals surface area contributed by atoms with E-state index >= 15 is 0 Å². The quantitative estimate of drug-likeness (QED) is 0.636. The molecule has 1 unspecified atom stereocenters. The first-order valence-electron chi connectivity index (χ1n) is 4.67. The van der Waals surface area contributed by atoms with Crippen LogP contribution in [0.2, 0.25) is 0 Å². The van der Waals surface area contributed by atoms with Gasteiger partial charge in [-0.3, -0.25) is 4.52 Å². The van der Waals surface area contributed by atoms with Gasteiger partial charge in [-0.25, -0.2) is 4.57 Å². The van der Waals surface area contributed by atoms with Gasteiger partial charge in [-0.15, -0.1) is 0 Å². The lowest BCUT2D eigenvalue weighted by Gasteiger charge is -2.17. The van der Waals surface area contributed by atoms with Crippen molar-refractivity contribution in [3.8, 4) is 0 Å². The molecule has 0 aromatic heterocycles. The van der Waals surface area contributed by atoms with E-state index in [1.165, 1.54) is 0 Å². The van der Waals surface area contributed by atoms with Crippen molar-refractivity contribution >= 4 is 7.82 Å². The highest BCUT2D eigenvalue weighted by molar-refractivity contribution is 7.46. The third-order valence-corrected chi connectivity index (χ3v) is 2.09. The minimum Gasteiger partial charge on any atom is -0.377 e. The predicted octanol–water partition coefficient (Wildman–Crippen LogP) is -0.541. The molecule has 96 valence electrons. The Morgan fingerprint density at radius 3 is 2.50 bits per heavy atom. The Morgan fingerprint density at radius 2 is 1.75 bits per heavy atom. The van der Waals surface area contributed by atoms with Crippen LogP contribution in [0.1, 0.15) is 0 Å². The van der Waals surface area contributed by atoms with Crippen LogP contribution in [0.25, 0.3) is 0 Å². The number of hydrogen-bond donors (Lipinski definition) is 2. The smallest absolute Gasteiger partial charge is 0.377 e. The molecule has 1 fully saturated rings. The SMILES string of the molecule is O=P(O)(O)OC1COCOCCOCCO1. The molecule has 2 N–H and O–H groups in total. The third kappa shape index (κ3) is 7.26. The molecule has 1 heterocycles. The number of phosphoric acid groups is 1. The van der Waals surface area contributed by atoms with Crippen LogP contribution in [0.5, 0.6) is 0 Å². The molecule has 1 aliphatic heterocycles. The normalized spacial score (nSPS) is 26.0. The average molecular weight is 258 g/mol. The summed E-state index contributed by atoms with van der Waals surface area (Å²) >= 11 is 0. The fraction of sp³-hybridized carbons (Fsp3) is 1.00. The Morgan fingerprint density at radius 1 is 1.06 bits per heavy atom. The lowest BCUT2D eigenvalue weighted by atomic mass is 10.6. The van der Waals surface area contributed by atoms with E-state index in [9.17, 15) is 4.57 Å². The molecule has 0 radical (unpaired) electrons. The van der Waals surface area contributed by atoms with E-state index in [-0.39, 0.29) is 20.0 Å². The van der Waals surface area contributed by atoms with Crippen molar-refractivity contribution in [1.29, 1.82) is 0 Å². The maximum atomic E-state index is 10.6. The zero-order chi connectivity index (χ0) is 11.9. The second-order valence-corrected chi connectivity index (χ2v) is 4.10. The van der Waals surface area contributed by atoms with Crippen LogP contribution in [0.4, 0.5) is 0 Å². The second-order valence-electron chi connectivity index (χ2n) is 2.91. The standard InChI is InChI=1S/C7H15O8P/c8-16(9,10)15-7-5-13-6-12-2-1-11-3-4-14-7/h7H,1-6H2,(H2,8,9,10). The molecule has 1 aliphatic rings. The van der Waals surface area contributed by atoms with Crippen LogP contribution < -0.4 is 0 Å². The maximum Gasteiger partial charge on any atom is 0.472 e. The van der Waals surface area contributed by atoms with Gasteiger partial charge in [-0.2, -0.15) is 0 Å². The summed E-state index contributed by atoms with van der Waals surface area (Å²) in [5, 5.41) is 0. The molecule has 8 nitrogen and oxygen atoms in total. The van der Waals surface area contributed by atoms with Crippen LogP contribution in [0.15, 0.2) is 0 Å². The van der Waals surface area contributed by atoms with Crippen molar-refractivity contribution in [2.75, 3.05) is 39.8 Å². The number of ether oxygens (including phenoxy) is 4. The fourth-order valence-corrected chi connectivity index (χ4v) is 1.41. The first kappa shape index (κ1) is 14.0. The van der Waals surface area contributed by atoms with E-state index in [1.807, 2.05) is 0 Å². The molecular weight excluding hydrogens is 243 g/mol. The van der Waals surface area contributed by atoms with Crippen LogP contribution in [0.3, 0.4) is 0 Å². The Balaban J connectivity index is 2.36. The summed E-state index contributed by atoms with van der Waals surface area (Å²) in [6.45, 7) is 1.14. The Hall–Kier alpha value is -0.0500. The molecule has 0 spiro atoms. The average Bonchev–Trinajstić information content (AvgIpc) is 2.22. The zero-order valence-corrected chi connectivity index (χ0v) is 9.51. The molecule has 16 heavy (non-hydrogen) atoms. The van der Waals surface area contributed by atoms with Gasteiger partial charge in [-0.1, -0.05) is 0 Å². The van der Waals surface area contributed by atoms with E-state index in [1.54, 1.807) is 0 Å². The lowest BCUT2D eigenvalue weighted by molar-refractivity contribution is -0.154. The van der Waals surface area contributed by atoms with Gasteiger partial charge in [0.05, 0.1) is 26.4 Å². The molecule has 1 saturated heterocycles. The highest BCUT2D eigenvalue weighted by atomic mass is 31.2. The zero-order valence-electron chi connectivity index (χ0n) is 8.61. The summed E-state index contributed by atoms with van der Waals surface area (Å²) in [4.78, 5) is 17.2. The molecule has 0 saturated carbocycles. The Bertz CT molecular complexity index is 216. The highest BCUT2D eigenvalue weighted by Gasteiger charge is 2.23. The monoisotopic (exact) mass is 258 g/mol. The highest BCUT2D eigenvalue weighted by Crippen LogP contribution is 2.37. The van der Waals surface area contributed by atoms with Crippen LogP contribution in [0, 0.1) is 0 Å². The molecule has 1 rings (SSSR count). The minimum absolute atomic E-state index is 0.00621. The first-order chi connectivity index (χ1) is 7.58. The van der Waals surface area contributed by atoms with Crippen molar-refractivity contribution in [2.24, 2.45) is 0 Å². The van der Waals surface area contributed by atoms with Gasteiger partial charge in [0.2, 0.25) is 0 Å². The van der Waals surface area contributed by atoms with Gasteiger partial charge in [0.15, 0.2) is 6.29 Å². The summed E-state index contributed by atoms with van der Waals surface area (Å²) in [6.07, 6.45) is -1.13. The topological polar surface area (TPSA) is 104 Å². The van der Waals surface area contributed by atoms with Crippen molar-refractivity contribution in [1.82, 2.24) is 0 Å². The van der Waals surface area contributed by atoms with Crippen molar-refractivity contribution in [3.63, 3.8) is 0 Å². The van der Waals surface area contributed by atoms with Crippen molar-refractivity contribution in [2.45, 2.75) is 6.29 Å². The molecule has 9 heteroatoms. The van der Waals surface area contributed by atoms with Crippen LogP contribution in [-0.2, 0) is 28.0 Å². The van der Waals surface area contributed by atoms with E-state index in [0.29, 0.717) is 19.8 Å².